The highest BCUT2D eigenvalue weighted by atomic mass is 16.3. The standard InChI is InChI=1S/C16H16N2O4/c1-4-8(17)11-10(7(3)19)15(21)12-9(18)5-6(2)14(20)13(12)16(11)22/h4-5,19-20H,3,17-18H2,1-2H3/b8-4+. The van der Waals surface area contributed by atoms with E-state index in [0.29, 0.717) is 5.56 Å². The molecule has 0 saturated carbocycles. The highest BCUT2D eigenvalue weighted by molar-refractivity contribution is 6.32. The number of aromatic hydroxyl groups is 1. The summed E-state index contributed by atoms with van der Waals surface area (Å²) < 4.78 is 0. The molecule has 2 rings (SSSR count). The third-order valence-electron chi connectivity index (χ3n) is 3.57. The summed E-state index contributed by atoms with van der Waals surface area (Å²) in [5.41, 5.74) is 11.2. The Hall–Kier alpha value is -3.02. The van der Waals surface area contributed by atoms with E-state index in [1.807, 2.05) is 0 Å². The smallest absolute Gasteiger partial charge is 0.200 e. The number of phenols is 1. The van der Waals surface area contributed by atoms with Crippen LogP contribution in [0.3, 0.4) is 0 Å². The molecule has 6 N–H and O–H groups in total. The number of aliphatic hydroxyl groups excluding tert-OH is 1. The van der Waals surface area contributed by atoms with Crippen molar-refractivity contribution in [3.8, 4) is 5.75 Å². The minimum atomic E-state index is -0.699. The molecule has 1 aliphatic rings. The van der Waals surface area contributed by atoms with Crippen LogP contribution in [-0.4, -0.2) is 21.8 Å². The molecule has 0 radical (unpaired) electrons. The Balaban J connectivity index is 2.95. The first-order valence-corrected chi connectivity index (χ1v) is 6.48. The van der Waals surface area contributed by atoms with Gasteiger partial charge in [0.1, 0.15) is 11.5 Å². The highest BCUT2D eigenvalue weighted by Crippen LogP contribution is 2.40. The molecule has 0 heterocycles. The number of rotatable bonds is 2. The van der Waals surface area contributed by atoms with Crippen molar-refractivity contribution >= 4 is 17.3 Å². The average Bonchev–Trinajstić information content (AvgIpc) is 2.44. The molecule has 0 unspecified atom stereocenters. The quantitative estimate of drug-likeness (QED) is 0.375. The minimum Gasteiger partial charge on any atom is -0.508 e. The Kier molecular flexibility index (Phi) is 3.54. The van der Waals surface area contributed by atoms with Gasteiger partial charge in [0.25, 0.3) is 0 Å². The number of benzene rings is 1. The van der Waals surface area contributed by atoms with Gasteiger partial charge in [-0.3, -0.25) is 9.59 Å². The second-order valence-corrected chi connectivity index (χ2v) is 4.98. The van der Waals surface area contributed by atoms with Crippen LogP contribution in [0.1, 0.15) is 33.2 Å². The lowest BCUT2D eigenvalue weighted by atomic mass is 9.80. The third-order valence-corrected chi connectivity index (χ3v) is 3.57. The molecule has 1 aromatic carbocycles. The summed E-state index contributed by atoms with van der Waals surface area (Å²) >= 11 is 0. The van der Waals surface area contributed by atoms with Crippen LogP contribution in [0, 0.1) is 6.92 Å². The van der Waals surface area contributed by atoms with Gasteiger partial charge in [0, 0.05) is 11.4 Å². The molecule has 1 aliphatic carbocycles. The van der Waals surface area contributed by atoms with Gasteiger partial charge in [0.05, 0.1) is 22.3 Å². The van der Waals surface area contributed by atoms with E-state index >= 15 is 0 Å². The number of carbonyl (C=O) groups is 2. The summed E-state index contributed by atoms with van der Waals surface area (Å²) in [7, 11) is 0. The molecule has 1 aromatic rings. The van der Waals surface area contributed by atoms with Gasteiger partial charge in [-0.25, -0.2) is 0 Å². The summed E-state index contributed by atoms with van der Waals surface area (Å²) in [6.07, 6.45) is 1.42. The predicted molar refractivity (Wildman–Crippen MR) is 82.7 cm³/mol. The van der Waals surface area contributed by atoms with Crippen molar-refractivity contribution in [2.45, 2.75) is 13.8 Å². The summed E-state index contributed by atoms with van der Waals surface area (Å²) in [5, 5.41) is 19.9. The SMILES string of the molecule is C=C(O)C1=C(/C(N)=C\C)C(=O)c2c(O)c(C)cc(N)c2C1=O. The van der Waals surface area contributed by atoms with Gasteiger partial charge < -0.3 is 21.7 Å². The summed E-state index contributed by atoms with van der Waals surface area (Å²) in [4.78, 5) is 25.3. The molecule has 0 spiro atoms. The van der Waals surface area contributed by atoms with Crippen LogP contribution < -0.4 is 11.5 Å². The molecule has 0 atom stereocenters. The molecular weight excluding hydrogens is 284 g/mol. The Morgan fingerprint density at radius 3 is 2.27 bits per heavy atom. The Morgan fingerprint density at radius 2 is 1.77 bits per heavy atom. The molecule has 6 heteroatoms. The number of hydrogen-bond acceptors (Lipinski definition) is 6. The number of hydrogen-bond donors (Lipinski definition) is 4. The maximum absolute atomic E-state index is 12.7. The first-order valence-electron chi connectivity index (χ1n) is 6.48. The van der Waals surface area contributed by atoms with Crippen LogP contribution in [0.25, 0.3) is 0 Å². The van der Waals surface area contributed by atoms with Crippen LogP contribution in [-0.2, 0) is 0 Å². The Labute approximate surface area is 127 Å². The van der Waals surface area contributed by atoms with Gasteiger partial charge in [0.2, 0.25) is 11.6 Å². The largest absolute Gasteiger partial charge is 0.508 e. The van der Waals surface area contributed by atoms with Crippen molar-refractivity contribution in [3.63, 3.8) is 0 Å². The topological polar surface area (TPSA) is 127 Å². The second kappa shape index (κ2) is 5.07. The number of anilines is 1. The molecule has 0 aromatic heterocycles. The van der Waals surface area contributed by atoms with E-state index < -0.39 is 17.3 Å². The molecule has 0 amide bonds. The van der Waals surface area contributed by atoms with E-state index in [1.54, 1.807) is 13.8 Å². The average molecular weight is 300 g/mol. The number of nitrogens with two attached hydrogens (primary N) is 2. The van der Waals surface area contributed by atoms with Crippen molar-refractivity contribution in [2.75, 3.05) is 5.73 Å². The van der Waals surface area contributed by atoms with E-state index in [0.717, 1.165) is 0 Å². The van der Waals surface area contributed by atoms with Crippen molar-refractivity contribution < 1.29 is 19.8 Å². The first kappa shape index (κ1) is 15.4. The molecule has 0 bridgehead atoms. The van der Waals surface area contributed by atoms with Gasteiger partial charge >= 0.3 is 0 Å². The highest BCUT2D eigenvalue weighted by Gasteiger charge is 2.38. The van der Waals surface area contributed by atoms with Crippen LogP contribution in [0.15, 0.2) is 41.3 Å². The molecule has 22 heavy (non-hydrogen) atoms. The number of nitrogen functional groups attached to an aromatic ring is 1. The van der Waals surface area contributed by atoms with Crippen molar-refractivity contribution in [1.82, 2.24) is 0 Å². The zero-order chi connectivity index (χ0) is 16.8. The molecule has 0 aliphatic heterocycles. The van der Waals surface area contributed by atoms with E-state index in [9.17, 15) is 19.8 Å². The fourth-order valence-electron chi connectivity index (χ4n) is 2.47. The monoisotopic (exact) mass is 300 g/mol. The van der Waals surface area contributed by atoms with Gasteiger partial charge in [-0.1, -0.05) is 12.7 Å². The van der Waals surface area contributed by atoms with Crippen LogP contribution >= 0.6 is 0 Å². The van der Waals surface area contributed by atoms with Gasteiger partial charge in [0.15, 0.2) is 0 Å². The number of ketones is 2. The maximum atomic E-state index is 12.7. The number of allylic oxidation sites excluding steroid dienone is 3. The minimum absolute atomic E-state index is 0.00803. The first-order chi connectivity index (χ1) is 10.2. The van der Waals surface area contributed by atoms with Crippen LogP contribution in [0.2, 0.25) is 0 Å². The molecule has 0 saturated heterocycles. The van der Waals surface area contributed by atoms with Gasteiger partial charge in [-0.05, 0) is 25.5 Å². The van der Waals surface area contributed by atoms with Gasteiger partial charge in [-0.2, -0.15) is 0 Å². The summed E-state index contributed by atoms with van der Waals surface area (Å²) in [5.74, 6) is -2.28. The van der Waals surface area contributed by atoms with Gasteiger partial charge in [-0.15, -0.1) is 0 Å². The van der Waals surface area contributed by atoms with Crippen LogP contribution in [0.4, 0.5) is 5.69 Å². The van der Waals surface area contributed by atoms with E-state index in [2.05, 4.69) is 6.58 Å². The van der Waals surface area contributed by atoms with Crippen molar-refractivity contribution in [3.05, 3.63) is 58.0 Å². The van der Waals surface area contributed by atoms with Crippen LogP contribution in [0.5, 0.6) is 5.75 Å². The number of aryl methyl sites for hydroxylation is 1. The lowest BCUT2D eigenvalue weighted by Gasteiger charge is -2.23. The maximum Gasteiger partial charge on any atom is 0.200 e. The van der Waals surface area contributed by atoms with E-state index in [1.165, 1.54) is 12.1 Å². The number of phenolic OH excluding ortho intramolecular Hbond substituents is 1. The predicted octanol–water partition coefficient (Wildman–Crippen LogP) is 1.89. The van der Waals surface area contributed by atoms with E-state index in [4.69, 9.17) is 11.5 Å². The fourth-order valence-corrected chi connectivity index (χ4v) is 2.47. The molecule has 114 valence electrons. The number of fused-ring (bicyclic) bond motifs is 1. The lowest BCUT2D eigenvalue weighted by Crippen LogP contribution is -2.27. The van der Waals surface area contributed by atoms with Crippen molar-refractivity contribution in [1.29, 1.82) is 0 Å². The summed E-state index contributed by atoms with van der Waals surface area (Å²) in [6.45, 7) is 6.46. The number of Topliss-reactive ketones (excluding diaryl/α,β-unsaturated/α-hetero) is 2. The van der Waals surface area contributed by atoms with E-state index in [-0.39, 0.29) is 39.4 Å². The lowest BCUT2D eigenvalue weighted by molar-refractivity contribution is 0.0971. The normalized spacial score (nSPS) is 15.1. The molecule has 0 fully saturated rings. The molecular formula is C16H16N2O4. The Bertz CT molecular complexity index is 801. The Morgan fingerprint density at radius 1 is 1.23 bits per heavy atom. The zero-order valence-electron chi connectivity index (χ0n) is 12.2. The summed E-state index contributed by atoms with van der Waals surface area (Å²) in [6, 6.07) is 1.39. The number of carbonyl (C=O) groups excluding carboxylic acids is 2. The second-order valence-electron chi connectivity index (χ2n) is 4.98. The van der Waals surface area contributed by atoms with Crippen molar-refractivity contribution in [2.24, 2.45) is 5.73 Å². The molecule has 6 nitrogen and oxygen atoms in total. The fraction of sp³-hybridized carbons (Fsp3) is 0.125. The number of aliphatic hydroxyl groups is 1. The zero-order valence-corrected chi connectivity index (χ0v) is 12.2. The third kappa shape index (κ3) is 1.96.